The molecule has 2 aromatic rings. The van der Waals surface area contributed by atoms with Gasteiger partial charge in [-0.3, -0.25) is 4.79 Å². The van der Waals surface area contributed by atoms with E-state index >= 15 is 0 Å². The summed E-state index contributed by atoms with van der Waals surface area (Å²) in [6, 6.07) is 15.0. The van der Waals surface area contributed by atoms with Gasteiger partial charge in [0.2, 0.25) is 0 Å². The average molecular weight is 383 g/mol. The Morgan fingerprint density at radius 3 is 2.32 bits per heavy atom. The van der Waals surface area contributed by atoms with Crippen molar-refractivity contribution in [3.05, 3.63) is 59.7 Å². The van der Waals surface area contributed by atoms with Crippen molar-refractivity contribution in [1.29, 1.82) is 0 Å². The average Bonchev–Trinajstić information content (AvgIpc) is 2.62. The summed E-state index contributed by atoms with van der Waals surface area (Å²) < 4.78 is 0. The number of amides is 3. The molecule has 0 aliphatic rings. The Labute approximate surface area is 167 Å². The Bertz CT molecular complexity index is 813. The number of hydrogen-bond acceptors (Lipinski definition) is 3. The van der Waals surface area contributed by atoms with Gasteiger partial charge in [-0.05, 0) is 57.5 Å². The van der Waals surface area contributed by atoms with Crippen LogP contribution in [0.25, 0.3) is 0 Å². The van der Waals surface area contributed by atoms with Gasteiger partial charge in [0, 0.05) is 42.6 Å². The number of carbonyl (C=O) groups excluding carboxylic acids is 2. The predicted octanol–water partition coefficient (Wildman–Crippen LogP) is 3.78. The maximum atomic E-state index is 12.5. The van der Waals surface area contributed by atoms with Crippen molar-refractivity contribution in [2.24, 2.45) is 0 Å². The van der Waals surface area contributed by atoms with E-state index in [0.717, 1.165) is 11.3 Å². The number of anilines is 2. The Balaban J connectivity index is 1.91. The highest BCUT2D eigenvalue weighted by molar-refractivity contribution is 5.99. The van der Waals surface area contributed by atoms with Crippen LogP contribution in [0.1, 0.15) is 36.7 Å². The van der Waals surface area contributed by atoms with Crippen LogP contribution in [0.2, 0.25) is 0 Å². The number of carbonyl (C=O) groups is 2. The second kappa shape index (κ2) is 9.26. The molecule has 2 rings (SSSR count). The number of nitrogens with zero attached hydrogens (tertiary/aromatic N) is 1. The van der Waals surface area contributed by atoms with Crippen LogP contribution >= 0.6 is 0 Å². The highest BCUT2D eigenvalue weighted by atomic mass is 16.2. The van der Waals surface area contributed by atoms with E-state index in [0.29, 0.717) is 24.3 Å². The number of nitrogens with one attached hydrogen (secondary N) is 3. The molecule has 3 amide bonds. The van der Waals surface area contributed by atoms with Crippen molar-refractivity contribution in [3.8, 4) is 0 Å². The molecular formula is C22H30N4O2. The number of hydrogen-bond donors (Lipinski definition) is 3. The van der Waals surface area contributed by atoms with Gasteiger partial charge >= 0.3 is 6.03 Å². The smallest absolute Gasteiger partial charge is 0.319 e. The molecule has 0 bridgehead atoms. The summed E-state index contributed by atoms with van der Waals surface area (Å²) >= 11 is 0. The molecule has 0 saturated carbocycles. The monoisotopic (exact) mass is 382 g/mol. The minimum atomic E-state index is -0.324. The summed E-state index contributed by atoms with van der Waals surface area (Å²) in [6.07, 6.45) is 0. The number of benzene rings is 2. The molecule has 0 fully saturated rings. The fraction of sp³-hybridized carbons (Fsp3) is 0.364. The number of para-hydroxylation sites is 1. The van der Waals surface area contributed by atoms with Crippen molar-refractivity contribution < 1.29 is 9.59 Å². The lowest BCUT2D eigenvalue weighted by molar-refractivity contribution is 0.0919. The minimum absolute atomic E-state index is 0.154. The molecule has 0 spiro atoms. The van der Waals surface area contributed by atoms with Crippen LogP contribution in [0.3, 0.4) is 0 Å². The SMILES string of the molecule is Cc1c(NC(=O)NCCN(C)c2ccccc2)cccc1C(=O)NC(C)(C)C. The van der Waals surface area contributed by atoms with Gasteiger partial charge in [-0.2, -0.15) is 0 Å². The van der Waals surface area contributed by atoms with E-state index in [1.54, 1.807) is 18.2 Å². The summed E-state index contributed by atoms with van der Waals surface area (Å²) in [5, 5.41) is 8.63. The maximum absolute atomic E-state index is 12.5. The molecule has 150 valence electrons. The van der Waals surface area contributed by atoms with Gasteiger partial charge in [-0.25, -0.2) is 4.79 Å². The molecule has 6 nitrogen and oxygen atoms in total. The Morgan fingerprint density at radius 2 is 1.68 bits per heavy atom. The summed E-state index contributed by atoms with van der Waals surface area (Å²) in [5.41, 5.74) is 2.68. The zero-order valence-corrected chi connectivity index (χ0v) is 17.3. The van der Waals surface area contributed by atoms with Crippen molar-refractivity contribution in [1.82, 2.24) is 10.6 Å². The highest BCUT2D eigenvalue weighted by Crippen LogP contribution is 2.19. The first-order valence-corrected chi connectivity index (χ1v) is 9.40. The quantitative estimate of drug-likeness (QED) is 0.712. The molecule has 0 atom stereocenters. The van der Waals surface area contributed by atoms with E-state index < -0.39 is 0 Å². The lowest BCUT2D eigenvalue weighted by Crippen LogP contribution is -2.41. The van der Waals surface area contributed by atoms with Crippen molar-refractivity contribution >= 4 is 23.3 Å². The van der Waals surface area contributed by atoms with E-state index in [9.17, 15) is 9.59 Å². The summed E-state index contributed by atoms with van der Waals surface area (Å²) in [7, 11) is 1.98. The molecule has 0 aromatic heterocycles. The first-order valence-electron chi connectivity index (χ1n) is 9.40. The highest BCUT2D eigenvalue weighted by Gasteiger charge is 2.18. The molecule has 6 heteroatoms. The molecule has 2 aromatic carbocycles. The lowest BCUT2D eigenvalue weighted by atomic mass is 10.0. The normalized spacial score (nSPS) is 10.9. The van der Waals surface area contributed by atoms with Gasteiger partial charge in [-0.15, -0.1) is 0 Å². The summed E-state index contributed by atoms with van der Waals surface area (Å²) in [4.78, 5) is 26.8. The van der Waals surface area contributed by atoms with Crippen molar-refractivity contribution in [3.63, 3.8) is 0 Å². The molecule has 28 heavy (non-hydrogen) atoms. The Hall–Kier alpha value is -3.02. The van der Waals surface area contributed by atoms with Gasteiger partial charge in [0.25, 0.3) is 5.91 Å². The van der Waals surface area contributed by atoms with Gasteiger partial charge in [-0.1, -0.05) is 24.3 Å². The van der Waals surface area contributed by atoms with Crippen LogP contribution in [0, 0.1) is 6.92 Å². The van der Waals surface area contributed by atoms with Gasteiger partial charge in [0.15, 0.2) is 0 Å². The molecule has 0 unspecified atom stereocenters. The minimum Gasteiger partial charge on any atom is -0.373 e. The Morgan fingerprint density at radius 1 is 1.00 bits per heavy atom. The van der Waals surface area contributed by atoms with E-state index in [-0.39, 0.29) is 17.5 Å². The number of rotatable bonds is 6. The summed E-state index contributed by atoms with van der Waals surface area (Å²) in [6.45, 7) is 8.81. The zero-order chi connectivity index (χ0) is 20.7. The fourth-order valence-corrected chi connectivity index (χ4v) is 2.74. The van der Waals surface area contributed by atoms with Crippen molar-refractivity contribution in [2.45, 2.75) is 33.2 Å². The molecule has 3 N–H and O–H groups in total. The third-order valence-electron chi connectivity index (χ3n) is 4.24. The van der Waals surface area contributed by atoms with E-state index in [1.807, 2.05) is 65.1 Å². The van der Waals surface area contributed by atoms with Gasteiger partial charge in [0.1, 0.15) is 0 Å². The van der Waals surface area contributed by atoms with Crippen LogP contribution in [-0.2, 0) is 0 Å². The van der Waals surface area contributed by atoms with Crippen LogP contribution in [-0.4, -0.2) is 37.6 Å². The van der Waals surface area contributed by atoms with Gasteiger partial charge < -0.3 is 20.9 Å². The predicted molar refractivity (Wildman–Crippen MR) is 115 cm³/mol. The van der Waals surface area contributed by atoms with Crippen LogP contribution in [0.4, 0.5) is 16.2 Å². The summed E-state index contributed by atoms with van der Waals surface area (Å²) in [5.74, 6) is -0.154. The standard InChI is InChI=1S/C22H30N4O2/c1-16-18(20(27)25-22(2,3)4)12-9-13-19(16)24-21(28)23-14-15-26(5)17-10-7-6-8-11-17/h6-13H,14-15H2,1-5H3,(H,25,27)(H2,23,24,28). The van der Waals surface area contributed by atoms with E-state index in [4.69, 9.17) is 0 Å². The van der Waals surface area contributed by atoms with Crippen LogP contribution in [0.15, 0.2) is 48.5 Å². The van der Waals surface area contributed by atoms with Crippen LogP contribution in [0.5, 0.6) is 0 Å². The van der Waals surface area contributed by atoms with Crippen LogP contribution < -0.4 is 20.9 Å². The van der Waals surface area contributed by atoms with Crippen molar-refractivity contribution in [2.75, 3.05) is 30.4 Å². The van der Waals surface area contributed by atoms with Gasteiger partial charge in [0.05, 0.1) is 0 Å². The molecule has 0 saturated heterocycles. The first-order chi connectivity index (χ1) is 13.2. The Kier molecular flexibility index (Phi) is 7.04. The number of likely N-dealkylation sites (N-methyl/N-ethyl adjacent to an activating group) is 1. The second-order valence-corrected chi connectivity index (χ2v) is 7.82. The maximum Gasteiger partial charge on any atom is 0.319 e. The third kappa shape index (κ3) is 6.30. The largest absolute Gasteiger partial charge is 0.373 e. The second-order valence-electron chi connectivity index (χ2n) is 7.82. The molecule has 0 heterocycles. The first kappa shape index (κ1) is 21.3. The fourth-order valence-electron chi connectivity index (χ4n) is 2.74. The molecule has 0 aliphatic carbocycles. The zero-order valence-electron chi connectivity index (χ0n) is 17.3. The topological polar surface area (TPSA) is 73.5 Å². The third-order valence-corrected chi connectivity index (χ3v) is 4.24. The van der Waals surface area contributed by atoms with E-state index in [2.05, 4.69) is 20.9 Å². The molecular weight excluding hydrogens is 352 g/mol. The van der Waals surface area contributed by atoms with E-state index in [1.165, 1.54) is 0 Å². The lowest BCUT2D eigenvalue weighted by Gasteiger charge is -2.22. The molecule has 0 radical (unpaired) electrons. The molecule has 0 aliphatic heterocycles. The number of urea groups is 1.